The second-order valence-electron chi connectivity index (χ2n) is 3.30. The predicted molar refractivity (Wildman–Crippen MR) is 55.5 cm³/mol. The third kappa shape index (κ3) is 1.85. The molecule has 0 radical (unpaired) electrons. The summed E-state index contributed by atoms with van der Waals surface area (Å²) in [5.74, 6) is 0.915. The Morgan fingerprint density at radius 1 is 1.29 bits per heavy atom. The summed E-state index contributed by atoms with van der Waals surface area (Å²) >= 11 is 1.51. The lowest BCUT2D eigenvalue weighted by Crippen LogP contribution is -1.94. The number of nitrogens with zero attached hydrogens (tertiary/aromatic N) is 2. The lowest BCUT2D eigenvalue weighted by atomic mass is 10.1. The van der Waals surface area contributed by atoms with Gasteiger partial charge in [-0.25, -0.2) is 4.98 Å². The summed E-state index contributed by atoms with van der Waals surface area (Å²) in [4.78, 5) is 4.15. The summed E-state index contributed by atoms with van der Waals surface area (Å²) in [7, 11) is 0. The number of rotatable bonds is 3. The van der Waals surface area contributed by atoms with Crippen LogP contribution < -0.4 is 0 Å². The van der Waals surface area contributed by atoms with E-state index in [4.69, 9.17) is 4.42 Å². The third-order valence-corrected chi connectivity index (χ3v) is 3.08. The number of hydrogen-bond donors (Lipinski definition) is 0. The van der Waals surface area contributed by atoms with Crippen molar-refractivity contribution in [1.82, 2.24) is 9.36 Å². The lowest BCUT2D eigenvalue weighted by Gasteiger charge is -1.96. The summed E-state index contributed by atoms with van der Waals surface area (Å²) in [6.07, 6.45) is 3.36. The van der Waals surface area contributed by atoms with Crippen molar-refractivity contribution in [3.8, 4) is 0 Å². The molecule has 0 bridgehead atoms. The van der Waals surface area contributed by atoms with Gasteiger partial charge in [-0.3, -0.25) is 0 Å². The number of aryl methyl sites for hydroxylation is 4. The highest BCUT2D eigenvalue weighted by Crippen LogP contribution is 2.13. The van der Waals surface area contributed by atoms with Crippen molar-refractivity contribution in [1.29, 1.82) is 0 Å². The van der Waals surface area contributed by atoms with Gasteiger partial charge in [0.1, 0.15) is 5.76 Å². The Morgan fingerprint density at radius 3 is 2.64 bits per heavy atom. The summed E-state index contributed by atoms with van der Waals surface area (Å²) in [6.45, 7) is 4.03. The molecular formula is C10H12N2OS. The van der Waals surface area contributed by atoms with Crippen LogP contribution in [-0.4, -0.2) is 9.36 Å². The zero-order chi connectivity index (χ0) is 9.97. The first kappa shape index (κ1) is 9.40. The fourth-order valence-corrected chi connectivity index (χ4v) is 2.07. The molecule has 0 aromatic carbocycles. The van der Waals surface area contributed by atoms with E-state index in [1.165, 1.54) is 29.2 Å². The molecule has 2 aromatic heterocycles. The summed E-state index contributed by atoms with van der Waals surface area (Å²) in [6, 6.07) is 0. The summed E-state index contributed by atoms with van der Waals surface area (Å²) < 4.78 is 9.46. The van der Waals surface area contributed by atoms with E-state index in [0.717, 1.165) is 24.3 Å². The normalized spacial score (nSPS) is 10.7. The molecule has 3 nitrogen and oxygen atoms in total. The van der Waals surface area contributed by atoms with Gasteiger partial charge in [0.15, 0.2) is 6.39 Å². The van der Waals surface area contributed by atoms with Crippen LogP contribution in [0, 0.1) is 13.8 Å². The monoisotopic (exact) mass is 208 g/mol. The van der Waals surface area contributed by atoms with E-state index in [2.05, 4.69) is 21.7 Å². The van der Waals surface area contributed by atoms with Gasteiger partial charge in [0.25, 0.3) is 0 Å². The standard InChI is InChI=1S/C10H12N2OS/c1-7-5-14-12-9(7)3-4-10-8(2)13-6-11-10/h5-6H,3-4H2,1-2H3. The molecule has 0 atom stereocenters. The minimum absolute atomic E-state index is 0.910. The summed E-state index contributed by atoms with van der Waals surface area (Å²) in [5.41, 5.74) is 3.49. The van der Waals surface area contributed by atoms with Crippen LogP contribution in [0.1, 0.15) is 22.7 Å². The van der Waals surface area contributed by atoms with Gasteiger partial charge in [0.2, 0.25) is 0 Å². The topological polar surface area (TPSA) is 38.9 Å². The Hall–Kier alpha value is -1.16. The van der Waals surface area contributed by atoms with Crippen molar-refractivity contribution in [2.75, 3.05) is 0 Å². The molecule has 0 unspecified atom stereocenters. The van der Waals surface area contributed by atoms with Gasteiger partial charge in [0.05, 0.1) is 11.4 Å². The van der Waals surface area contributed by atoms with Gasteiger partial charge >= 0.3 is 0 Å². The van der Waals surface area contributed by atoms with Crippen LogP contribution in [0.15, 0.2) is 16.2 Å². The molecule has 0 spiro atoms. The quantitative estimate of drug-likeness (QED) is 0.778. The highest BCUT2D eigenvalue weighted by molar-refractivity contribution is 7.03. The van der Waals surface area contributed by atoms with Gasteiger partial charge in [-0.05, 0) is 43.8 Å². The zero-order valence-electron chi connectivity index (χ0n) is 8.28. The molecule has 2 aromatic rings. The fourth-order valence-electron chi connectivity index (χ4n) is 1.36. The van der Waals surface area contributed by atoms with E-state index >= 15 is 0 Å². The maximum absolute atomic E-state index is 5.14. The van der Waals surface area contributed by atoms with Crippen LogP contribution >= 0.6 is 11.5 Å². The van der Waals surface area contributed by atoms with Gasteiger partial charge in [0, 0.05) is 5.38 Å². The molecule has 2 heterocycles. The minimum atomic E-state index is 0.910. The molecule has 0 N–H and O–H groups in total. The molecule has 0 aliphatic carbocycles. The smallest absolute Gasteiger partial charge is 0.181 e. The van der Waals surface area contributed by atoms with E-state index in [1.54, 1.807) is 0 Å². The van der Waals surface area contributed by atoms with E-state index in [9.17, 15) is 0 Å². The molecule has 0 saturated carbocycles. The lowest BCUT2D eigenvalue weighted by molar-refractivity contribution is 0.524. The van der Waals surface area contributed by atoms with E-state index in [0.29, 0.717) is 0 Å². The second kappa shape index (κ2) is 3.92. The average Bonchev–Trinajstić information content (AvgIpc) is 2.72. The molecule has 0 fully saturated rings. The number of aromatic nitrogens is 2. The van der Waals surface area contributed by atoms with Crippen molar-refractivity contribution < 1.29 is 4.42 Å². The van der Waals surface area contributed by atoms with Crippen molar-refractivity contribution in [3.05, 3.63) is 34.5 Å². The maximum Gasteiger partial charge on any atom is 0.181 e. The number of oxazole rings is 1. The molecule has 4 heteroatoms. The Labute approximate surface area is 87.0 Å². The summed E-state index contributed by atoms with van der Waals surface area (Å²) in [5, 5.41) is 2.07. The molecular weight excluding hydrogens is 196 g/mol. The second-order valence-corrected chi connectivity index (χ2v) is 3.93. The average molecular weight is 208 g/mol. The molecule has 14 heavy (non-hydrogen) atoms. The van der Waals surface area contributed by atoms with Gasteiger partial charge in [-0.15, -0.1) is 0 Å². The first-order chi connectivity index (χ1) is 6.77. The van der Waals surface area contributed by atoms with Crippen LogP contribution in [0.25, 0.3) is 0 Å². The molecule has 74 valence electrons. The zero-order valence-corrected chi connectivity index (χ0v) is 9.10. The first-order valence-electron chi connectivity index (χ1n) is 4.56. The first-order valence-corrected chi connectivity index (χ1v) is 5.40. The molecule has 2 rings (SSSR count). The van der Waals surface area contributed by atoms with Crippen LogP contribution in [0.2, 0.25) is 0 Å². The highest BCUT2D eigenvalue weighted by Gasteiger charge is 2.06. The largest absolute Gasteiger partial charge is 0.449 e. The maximum atomic E-state index is 5.14. The van der Waals surface area contributed by atoms with Crippen LogP contribution in [0.5, 0.6) is 0 Å². The van der Waals surface area contributed by atoms with Crippen molar-refractivity contribution in [2.45, 2.75) is 26.7 Å². The Bertz CT molecular complexity index is 379. The van der Waals surface area contributed by atoms with Gasteiger partial charge in [-0.1, -0.05) is 0 Å². The van der Waals surface area contributed by atoms with Gasteiger partial charge < -0.3 is 4.42 Å². The fraction of sp³-hybridized carbons (Fsp3) is 0.400. The third-order valence-electron chi connectivity index (χ3n) is 2.29. The van der Waals surface area contributed by atoms with Crippen molar-refractivity contribution in [3.63, 3.8) is 0 Å². The Morgan fingerprint density at radius 2 is 2.07 bits per heavy atom. The van der Waals surface area contributed by atoms with Crippen molar-refractivity contribution >= 4 is 11.5 Å². The van der Waals surface area contributed by atoms with Crippen molar-refractivity contribution in [2.24, 2.45) is 0 Å². The molecule has 0 saturated heterocycles. The minimum Gasteiger partial charge on any atom is -0.449 e. The molecule has 0 aliphatic rings. The van der Waals surface area contributed by atoms with E-state index in [-0.39, 0.29) is 0 Å². The SMILES string of the molecule is Cc1csnc1CCc1ncoc1C. The molecule has 0 aliphatic heterocycles. The van der Waals surface area contributed by atoms with Crippen LogP contribution in [-0.2, 0) is 12.8 Å². The van der Waals surface area contributed by atoms with E-state index < -0.39 is 0 Å². The molecule has 0 amide bonds. The highest BCUT2D eigenvalue weighted by atomic mass is 32.1. The van der Waals surface area contributed by atoms with Crippen LogP contribution in [0.4, 0.5) is 0 Å². The Balaban J connectivity index is 2.02. The number of hydrogen-bond acceptors (Lipinski definition) is 4. The Kier molecular flexibility index (Phi) is 2.63. The van der Waals surface area contributed by atoms with Crippen LogP contribution in [0.3, 0.4) is 0 Å². The van der Waals surface area contributed by atoms with E-state index in [1.807, 2.05) is 6.92 Å². The van der Waals surface area contributed by atoms with Gasteiger partial charge in [-0.2, -0.15) is 4.37 Å². The predicted octanol–water partition coefficient (Wildman–Crippen LogP) is 2.53.